The first kappa shape index (κ1) is 47.5. The van der Waals surface area contributed by atoms with Crippen LogP contribution in [0, 0.1) is 0 Å². The van der Waals surface area contributed by atoms with E-state index >= 15 is 0 Å². The van der Waals surface area contributed by atoms with Crippen molar-refractivity contribution in [3.05, 3.63) is 36.2 Å². The minimum Gasteiger partial charge on any atom is -0.480 e. The normalized spacial score (nSPS) is 20.5. The smallest absolute Gasteiger partial charge is 0.329 e. The van der Waals surface area contributed by atoms with Gasteiger partial charge in [0.05, 0.1) is 36.2 Å². The van der Waals surface area contributed by atoms with Crippen molar-refractivity contribution >= 4 is 43.6 Å². The first-order chi connectivity index (χ1) is 28.5. The zero-order valence-corrected chi connectivity index (χ0v) is 37.5. The molecule has 18 nitrogen and oxygen atoms in total. The van der Waals surface area contributed by atoms with Gasteiger partial charge in [-0.2, -0.15) is 8.61 Å². The number of aromatic nitrogens is 4. The summed E-state index contributed by atoms with van der Waals surface area (Å²) in [5, 5.41) is 9.68. The average Bonchev–Trinajstić information content (AvgIpc) is 3.25. The molecular weight excluding hydrogens is 817 g/mol. The Morgan fingerprint density at radius 2 is 1.03 bits per heavy atom. The lowest BCUT2D eigenvalue weighted by Crippen LogP contribution is -2.61. The molecule has 0 saturated carbocycles. The van der Waals surface area contributed by atoms with Crippen molar-refractivity contribution in [2.75, 3.05) is 88.6 Å². The van der Waals surface area contributed by atoms with Gasteiger partial charge < -0.3 is 29.1 Å². The van der Waals surface area contributed by atoms with E-state index in [4.69, 9.17) is 14.2 Å². The van der Waals surface area contributed by atoms with Crippen molar-refractivity contribution in [1.29, 1.82) is 0 Å². The number of hydrogen-bond donors (Lipinski definition) is 1. The van der Waals surface area contributed by atoms with E-state index < -0.39 is 47.1 Å². The molecule has 0 amide bonds. The first-order valence-corrected chi connectivity index (χ1v) is 24.1. The number of anilines is 2. The molecule has 0 aliphatic carbocycles. The van der Waals surface area contributed by atoms with Gasteiger partial charge in [-0.05, 0) is 46.5 Å². The topological polar surface area (TPSA) is 215 Å². The van der Waals surface area contributed by atoms with Crippen LogP contribution in [-0.2, 0) is 56.7 Å². The Hall–Kier alpha value is -3.56. The van der Waals surface area contributed by atoms with Crippen LogP contribution in [0.3, 0.4) is 0 Å². The highest BCUT2D eigenvalue weighted by atomic mass is 32.2. The second kappa shape index (κ2) is 20.5. The number of carboxylic acids is 1. The molecule has 0 atom stereocenters. The fourth-order valence-corrected chi connectivity index (χ4v) is 11.8. The van der Waals surface area contributed by atoms with E-state index in [1.165, 1.54) is 8.61 Å². The third kappa shape index (κ3) is 10.9. The molecular formula is C40H64N8O10S2. The molecule has 6 rings (SSSR count). The van der Waals surface area contributed by atoms with Crippen molar-refractivity contribution in [2.45, 2.75) is 114 Å². The van der Waals surface area contributed by atoms with Crippen molar-refractivity contribution in [3.63, 3.8) is 0 Å². The van der Waals surface area contributed by atoms with E-state index in [1.807, 2.05) is 9.80 Å². The number of sulfonamides is 2. The summed E-state index contributed by atoms with van der Waals surface area (Å²) < 4.78 is 69.2. The summed E-state index contributed by atoms with van der Waals surface area (Å²) in [6.45, 7) is 13.2. The Kier molecular flexibility index (Phi) is 16.3. The van der Waals surface area contributed by atoms with E-state index in [0.29, 0.717) is 26.2 Å². The highest BCUT2D eigenvalue weighted by molar-refractivity contribution is 7.91. The summed E-state index contributed by atoms with van der Waals surface area (Å²) >= 11 is 0. The number of carboxylic acid groups (broad SMARTS) is 1. The fourth-order valence-electron chi connectivity index (χ4n) is 7.73. The zero-order chi connectivity index (χ0) is 43.6. The minimum atomic E-state index is -3.98. The number of nitrogens with zero attached hydrogens (tertiary/aromatic N) is 8. The lowest BCUT2D eigenvalue weighted by atomic mass is 9.99. The summed E-state index contributed by atoms with van der Waals surface area (Å²) in [6, 6.07) is 0. The number of piperazine rings is 2. The number of carbonyl (C=O) groups excluding carboxylic acids is 1. The van der Waals surface area contributed by atoms with Crippen LogP contribution in [0.4, 0.5) is 11.6 Å². The molecule has 4 saturated heterocycles. The van der Waals surface area contributed by atoms with Gasteiger partial charge in [0, 0.05) is 104 Å². The van der Waals surface area contributed by atoms with Gasteiger partial charge in [0.1, 0.15) is 17.2 Å². The first-order valence-electron chi connectivity index (χ1n) is 21.2. The van der Waals surface area contributed by atoms with Gasteiger partial charge in [-0.15, -0.1) is 0 Å². The lowest BCUT2D eigenvalue weighted by Gasteiger charge is -2.42. The summed E-state index contributed by atoms with van der Waals surface area (Å²) in [4.78, 5) is 46.9. The largest absolute Gasteiger partial charge is 0.480 e. The Labute approximate surface area is 355 Å². The Morgan fingerprint density at radius 3 is 1.37 bits per heavy atom. The number of ether oxygens (including phenoxy) is 3. The number of esters is 1. The number of rotatable bonds is 14. The molecule has 0 radical (unpaired) electrons. The molecule has 4 aliphatic rings. The highest BCUT2D eigenvalue weighted by Gasteiger charge is 2.57. The second-order valence-electron chi connectivity index (χ2n) is 16.7. The number of aryl methyl sites for hydroxylation is 2. The standard InChI is InChI=1S/C22H36N4O5S.C18H28N4O5S/c1-5-6-7-18-16-24-19(17-23-18)25-10-12-26(13-11-25)32(28,29)22(8-14-30-15-9-22)20(27)31-21(2,3)4;1-2-3-4-15-13-20-16(14-19-15)21-7-9-22(10-8-21)28(25,26)18(17(23)24)5-11-27-12-6-18/h16-17H,5-15H2,1-4H3;13-14H,2-12H2,1H3,(H,23,24). The average molecular weight is 881 g/mol. The maximum atomic E-state index is 13.7. The molecule has 60 heavy (non-hydrogen) atoms. The third-order valence-electron chi connectivity index (χ3n) is 11.5. The minimum absolute atomic E-state index is 0.0183. The summed E-state index contributed by atoms with van der Waals surface area (Å²) in [7, 11) is -7.90. The molecule has 0 bridgehead atoms. The maximum absolute atomic E-state index is 13.7. The zero-order valence-electron chi connectivity index (χ0n) is 35.9. The molecule has 2 aromatic rings. The Bertz CT molecular complexity index is 1920. The van der Waals surface area contributed by atoms with Crippen LogP contribution in [0.2, 0.25) is 0 Å². The van der Waals surface area contributed by atoms with Gasteiger partial charge in [-0.25, -0.2) is 26.8 Å². The van der Waals surface area contributed by atoms with Crippen LogP contribution >= 0.6 is 0 Å². The van der Waals surface area contributed by atoms with Gasteiger partial charge in [0.25, 0.3) is 0 Å². The molecule has 0 spiro atoms. The molecule has 1 N–H and O–H groups in total. The lowest BCUT2D eigenvalue weighted by molar-refractivity contribution is -0.161. The quantitative estimate of drug-likeness (QED) is 0.270. The van der Waals surface area contributed by atoms with Crippen molar-refractivity contribution in [2.24, 2.45) is 0 Å². The van der Waals surface area contributed by atoms with Gasteiger partial charge in [0.2, 0.25) is 20.0 Å². The van der Waals surface area contributed by atoms with E-state index in [9.17, 15) is 31.5 Å². The van der Waals surface area contributed by atoms with Crippen molar-refractivity contribution in [3.8, 4) is 0 Å². The number of aliphatic carboxylic acids is 1. The maximum Gasteiger partial charge on any atom is 0.329 e. The van der Waals surface area contributed by atoms with Crippen LogP contribution in [0.25, 0.3) is 0 Å². The van der Waals surface area contributed by atoms with Crippen molar-refractivity contribution < 1.29 is 45.7 Å². The molecule has 0 aromatic carbocycles. The predicted molar refractivity (Wildman–Crippen MR) is 226 cm³/mol. The monoisotopic (exact) mass is 880 g/mol. The highest BCUT2D eigenvalue weighted by Crippen LogP contribution is 2.36. The second-order valence-corrected chi connectivity index (χ2v) is 21.2. The molecule has 2 aromatic heterocycles. The number of carbonyl (C=O) groups is 2. The van der Waals surface area contributed by atoms with E-state index in [2.05, 4.69) is 33.8 Å². The molecule has 336 valence electrons. The Balaban J connectivity index is 0.000000230. The van der Waals surface area contributed by atoms with Crippen LogP contribution < -0.4 is 9.80 Å². The van der Waals surface area contributed by atoms with Gasteiger partial charge in [0.15, 0.2) is 9.49 Å². The molecule has 4 fully saturated rings. The van der Waals surface area contributed by atoms with Crippen LogP contribution in [0.15, 0.2) is 24.8 Å². The summed E-state index contributed by atoms with van der Waals surface area (Å²) in [5.41, 5.74) is 1.16. The molecule has 20 heteroatoms. The van der Waals surface area contributed by atoms with Crippen LogP contribution in [-0.4, -0.2) is 156 Å². The number of hydrogen-bond acceptors (Lipinski definition) is 15. The van der Waals surface area contributed by atoms with Gasteiger partial charge in [-0.1, -0.05) is 26.7 Å². The molecule has 0 unspecified atom stereocenters. The van der Waals surface area contributed by atoms with E-state index in [-0.39, 0.29) is 78.3 Å². The fraction of sp³-hybridized carbons (Fsp3) is 0.750. The predicted octanol–water partition coefficient (Wildman–Crippen LogP) is 3.07. The van der Waals surface area contributed by atoms with Crippen LogP contribution in [0.5, 0.6) is 0 Å². The Morgan fingerprint density at radius 1 is 0.650 bits per heavy atom. The van der Waals surface area contributed by atoms with Crippen LogP contribution in [0.1, 0.15) is 97.4 Å². The van der Waals surface area contributed by atoms with Gasteiger partial charge in [-0.3, -0.25) is 19.6 Å². The molecule has 6 heterocycles. The summed E-state index contributed by atoms with van der Waals surface area (Å²) in [6.07, 6.45) is 13.4. The van der Waals surface area contributed by atoms with Crippen molar-refractivity contribution in [1.82, 2.24) is 28.5 Å². The molecule has 4 aliphatic heterocycles. The third-order valence-corrected chi connectivity index (χ3v) is 16.7. The van der Waals surface area contributed by atoms with E-state index in [0.717, 1.165) is 61.5 Å². The SMILES string of the molecule is CCCCc1cnc(N2CCN(S(=O)(=O)C3(C(=O)O)CCOCC3)CC2)cn1.CCCCc1cnc(N2CCN(S(=O)(=O)C3(C(=O)OC(C)(C)C)CCOCC3)CC2)cn1. The van der Waals surface area contributed by atoms with Gasteiger partial charge >= 0.3 is 11.9 Å². The number of unbranched alkanes of at least 4 members (excludes halogenated alkanes) is 2. The van der Waals surface area contributed by atoms with E-state index in [1.54, 1.807) is 45.6 Å². The summed E-state index contributed by atoms with van der Waals surface area (Å²) in [5.74, 6) is -0.498.